The fraction of sp³-hybridized carbons (Fsp3) is 0.100. The lowest BCUT2D eigenvalue weighted by Crippen LogP contribution is -2.13. The summed E-state index contributed by atoms with van der Waals surface area (Å²) < 4.78 is 30.9. The molecule has 3 rings (SSSR count). The Balaban J connectivity index is 1.91. The van der Waals surface area contributed by atoms with Crippen LogP contribution in [-0.2, 0) is 9.71 Å². The third kappa shape index (κ3) is 5.84. The van der Waals surface area contributed by atoms with Gasteiger partial charge in [-0.15, -0.1) is 0 Å². The summed E-state index contributed by atoms with van der Waals surface area (Å²) in [4.78, 5) is 12.7. The van der Waals surface area contributed by atoms with Gasteiger partial charge in [0.1, 0.15) is 24.5 Å². The summed E-state index contributed by atoms with van der Waals surface area (Å²) in [5.74, 6) is 0.485. The molecular formula is C20H20FN5O2S. The molecule has 150 valence electrons. The minimum atomic E-state index is -2.52. The Bertz CT molecular complexity index is 1150. The first-order chi connectivity index (χ1) is 13.8. The summed E-state index contributed by atoms with van der Waals surface area (Å²) >= 11 is 0. The maximum atomic E-state index is 13.6. The molecule has 29 heavy (non-hydrogen) atoms. The number of rotatable bonds is 7. The predicted octanol–water partition coefficient (Wildman–Crippen LogP) is 2.92. The summed E-state index contributed by atoms with van der Waals surface area (Å²) in [5.41, 5.74) is 1.91. The van der Waals surface area contributed by atoms with Crippen LogP contribution in [0.5, 0.6) is 5.75 Å². The molecule has 1 unspecified atom stereocenters. The quantitative estimate of drug-likeness (QED) is 0.456. The molecule has 0 aliphatic rings. The Morgan fingerprint density at radius 3 is 2.86 bits per heavy atom. The molecule has 9 heteroatoms. The zero-order valence-electron chi connectivity index (χ0n) is 15.7. The van der Waals surface area contributed by atoms with E-state index in [0.29, 0.717) is 28.4 Å². The van der Waals surface area contributed by atoms with Crippen molar-refractivity contribution >= 4 is 26.7 Å². The SMILES string of the molecule is C=CCOc1cc(F)ccc1-c1ncnc(Nc2cccc(C=S(C)(N)=O)c2)n1. The number of nitrogens with one attached hydrogen (secondary N) is 1. The summed E-state index contributed by atoms with van der Waals surface area (Å²) in [7, 11) is -2.52. The van der Waals surface area contributed by atoms with Crippen LogP contribution in [0.2, 0.25) is 0 Å². The molecule has 3 aromatic rings. The van der Waals surface area contributed by atoms with Gasteiger partial charge in [0.15, 0.2) is 5.82 Å². The molecule has 0 spiro atoms. The number of benzene rings is 2. The third-order valence-electron chi connectivity index (χ3n) is 3.63. The first-order valence-electron chi connectivity index (χ1n) is 8.55. The molecule has 0 bridgehead atoms. The molecule has 2 aromatic carbocycles. The molecule has 3 N–H and O–H groups in total. The topological polar surface area (TPSA) is 103 Å². The minimum absolute atomic E-state index is 0.220. The minimum Gasteiger partial charge on any atom is -0.489 e. The summed E-state index contributed by atoms with van der Waals surface area (Å²) in [5, 5.41) is 10.2. The van der Waals surface area contributed by atoms with Crippen LogP contribution in [0.3, 0.4) is 0 Å². The summed E-state index contributed by atoms with van der Waals surface area (Å²) in [6, 6.07) is 11.3. The number of nitrogens with two attached hydrogens (primary N) is 1. The molecule has 0 amide bonds. The Morgan fingerprint density at radius 2 is 2.10 bits per heavy atom. The Kier molecular flexibility index (Phi) is 6.20. The number of ether oxygens (including phenoxy) is 1. The van der Waals surface area contributed by atoms with Crippen molar-refractivity contribution in [2.45, 2.75) is 0 Å². The molecule has 0 saturated heterocycles. The van der Waals surface area contributed by atoms with Crippen molar-refractivity contribution in [3.63, 3.8) is 0 Å². The maximum Gasteiger partial charge on any atom is 0.230 e. The van der Waals surface area contributed by atoms with E-state index < -0.39 is 15.5 Å². The monoisotopic (exact) mass is 413 g/mol. The number of hydrogen-bond donors (Lipinski definition) is 2. The third-order valence-corrected chi connectivity index (χ3v) is 4.37. The van der Waals surface area contributed by atoms with Crippen molar-refractivity contribution in [2.24, 2.45) is 5.14 Å². The number of anilines is 2. The molecule has 0 aliphatic carbocycles. The zero-order valence-corrected chi connectivity index (χ0v) is 16.5. The molecule has 0 saturated carbocycles. The van der Waals surface area contributed by atoms with Crippen LogP contribution < -0.4 is 15.2 Å². The molecule has 0 radical (unpaired) electrons. The highest BCUT2D eigenvalue weighted by atomic mass is 32.2. The van der Waals surface area contributed by atoms with Gasteiger partial charge in [-0.05, 0) is 29.8 Å². The first kappa shape index (κ1) is 20.4. The van der Waals surface area contributed by atoms with Crippen LogP contribution in [0, 0.1) is 5.82 Å². The van der Waals surface area contributed by atoms with Crippen molar-refractivity contribution in [1.82, 2.24) is 15.0 Å². The van der Waals surface area contributed by atoms with Crippen LogP contribution in [0.15, 0.2) is 61.4 Å². The van der Waals surface area contributed by atoms with E-state index >= 15 is 0 Å². The van der Waals surface area contributed by atoms with Crippen LogP contribution in [0.4, 0.5) is 16.0 Å². The van der Waals surface area contributed by atoms with Gasteiger partial charge in [0, 0.05) is 33.1 Å². The first-order valence-corrected chi connectivity index (χ1v) is 10.6. The summed E-state index contributed by atoms with van der Waals surface area (Å²) in [6.07, 6.45) is 4.37. The van der Waals surface area contributed by atoms with Crippen LogP contribution >= 0.6 is 0 Å². The number of nitrogens with zero attached hydrogens (tertiary/aromatic N) is 3. The van der Waals surface area contributed by atoms with Crippen molar-refractivity contribution < 1.29 is 13.3 Å². The molecule has 0 aliphatic heterocycles. The molecule has 1 aromatic heterocycles. The highest BCUT2D eigenvalue weighted by Gasteiger charge is 2.12. The smallest absolute Gasteiger partial charge is 0.230 e. The van der Waals surface area contributed by atoms with Crippen LogP contribution in [-0.4, -0.2) is 37.4 Å². The van der Waals surface area contributed by atoms with Crippen molar-refractivity contribution in [2.75, 3.05) is 18.2 Å². The number of hydrogen-bond acceptors (Lipinski definition) is 6. The van der Waals surface area contributed by atoms with Crippen LogP contribution in [0.25, 0.3) is 11.4 Å². The normalized spacial score (nSPS) is 12.7. The molecule has 1 heterocycles. The van der Waals surface area contributed by atoms with E-state index in [1.807, 2.05) is 6.07 Å². The largest absolute Gasteiger partial charge is 0.489 e. The predicted molar refractivity (Wildman–Crippen MR) is 114 cm³/mol. The van der Waals surface area contributed by atoms with E-state index in [-0.39, 0.29) is 12.6 Å². The van der Waals surface area contributed by atoms with Gasteiger partial charge in [-0.25, -0.2) is 14.4 Å². The van der Waals surface area contributed by atoms with Crippen LogP contribution in [0.1, 0.15) is 5.56 Å². The van der Waals surface area contributed by atoms with Gasteiger partial charge < -0.3 is 10.1 Å². The van der Waals surface area contributed by atoms with Gasteiger partial charge in [-0.2, -0.15) is 4.98 Å². The molecule has 7 nitrogen and oxygen atoms in total. The number of halogens is 1. The van der Waals surface area contributed by atoms with Gasteiger partial charge in [0.05, 0.1) is 5.56 Å². The van der Waals surface area contributed by atoms with E-state index in [1.54, 1.807) is 30.3 Å². The fourth-order valence-electron chi connectivity index (χ4n) is 2.52. The molecule has 1 atom stereocenters. The van der Waals surface area contributed by atoms with Gasteiger partial charge in [-0.3, -0.25) is 9.35 Å². The lowest BCUT2D eigenvalue weighted by atomic mass is 10.2. The van der Waals surface area contributed by atoms with Gasteiger partial charge in [0.25, 0.3) is 0 Å². The summed E-state index contributed by atoms with van der Waals surface area (Å²) in [6.45, 7) is 3.81. The second kappa shape index (κ2) is 8.80. The Hall–Kier alpha value is -3.30. The lowest BCUT2D eigenvalue weighted by molar-refractivity contribution is 0.362. The lowest BCUT2D eigenvalue weighted by Gasteiger charge is -2.11. The average Bonchev–Trinajstić information content (AvgIpc) is 2.65. The fourth-order valence-corrected chi connectivity index (χ4v) is 3.21. The Morgan fingerprint density at radius 1 is 1.28 bits per heavy atom. The molecular weight excluding hydrogens is 393 g/mol. The Labute approximate surface area is 168 Å². The molecule has 0 fully saturated rings. The standard InChI is InChI=1S/C20H20FN5O2S/c1-3-9-28-18-11-15(21)7-8-17(18)19-23-13-24-20(26-19)25-16-6-4-5-14(10-16)12-29(2,22)27/h3-8,10-13H,1,9H2,2H3,(H2,22,27)(H,23,24,25,26). The highest BCUT2D eigenvalue weighted by molar-refractivity contribution is 7.98. The van der Waals surface area contributed by atoms with Gasteiger partial charge >= 0.3 is 0 Å². The second-order valence-corrected chi connectivity index (χ2v) is 8.38. The van der Waals surface area contributed by atoms with Gasteiger partial charge in [-0.1, -0.05) is 24.8 Å². The van der Waals surface area contributed by atoms with Crippen molar-refractivity contribution in [3.05, 3.63) is 72.8 Å². The van der Waals surface area contributed by atoms with E-state index in [9.17, 15) is 8.60 Å². The van der Waals surface area contributed by atoms with E-state index in [1.165, 1.54) is 30.1 Å². The van der Waals surface area contributed by atoms with Crippen molar-refractivity contribution in [3.8, 4) is 17.1 Å². The highest BCUT2D eigenvalue weighted by Crippen LogP contribution is 2.29. The van der Waals surface area contributed by atoms with Crippen molar-refractivity contribution in [1.29, 1.82) is 0 Å². The van der Waals surface area contributed by atoms with E-state index in [0.717, 1.165) is 0 Å². The average molecular weight is 413 g/mol. The zero-order chi connectivity index (χ0) is 20.9. The second-order valence-electron chi connectivity index (χ2n) is 6.21. The number of aromatic nitrogens is 3. The van der Waals surface area contributed by atoms with E-state index in [4.69, 9.17) is 9.88 Å². The van der Waals surface area contributed by atoms with Gasteiger partial charge in [0.2, 0.25) is 5.95 Å². The maximum absolute atomic E-state index is 13.6. The van der Waals surface area contributed by atoms with E-state index in [2.05, 4.69) is 26.8 Å².